The molecule has 0 spiro atoms. The molecule has 122 valence electrons. The quantitative estimate of drug-likeness (QED) is 0.603. The number of nitrogens with zero attached hydrogens (tertiary/aromatic N) is 2. The van der Waals surface area contributed by atoms with Crippen molar-refractivity contribution in [3.05, 3.63) is 46.1 Å². The van der Waals surface area contributed by atoms with E-state index >= 15 is 0 Å². The molecule has 0 aliphatic carbocycles. The molecule has 1 fully saturated rings. The lowest BCUT2D eigenvalue weighted by Crippen LogP contribution is -2.17. The Labute approximate surface area is 146 Å². The maximum Gasteiger partial charge on any atom is 0.210 e. The molecule has 1 aromatic carbocycles. The molecule has 0 bridgehead atoms. The zero-order valence-electron chi connectivity index (χ0n) is 13.6. The normalized spacial score (nSPS) is 15.0. The van der Waals surface area contributed by atoms with Gasteiger partial charge >= 0.3 is 0 Å². The summed E-state index contributed by atoms with van der Waals surface area (Å²) in [6.45, 7) is 4.36. The Morgan fingerprint density at radius 1 is 1.22 bits per heavy atom. The van der Waals surface area contributed by atoms with Crippen LogP contribution < -0.4 is 4.90 Å². The van der Waals surface area contributed by atoms with Crippen LogP contribution in [0.3, 0.4) is 0 Å². The summed E-state index contributed by atoms with van der Waals surface area (Å²) in [4.78, 5) is 6.80. The summed E-state index contributed by atoms with van der Waals surface area (Å²) in [5.41, 5.74) is 2.34. The van der Waals surface area contributed by atoms with Gasteiger partial charge in [0.15, 0.2) is 0 Å². The van der Waals surface area contributed by atoms with Gasteiger partial charge in [0.25, 0.3) is 0 Å². The van der Waals surface area contributed by atoms with Crippen molar-refractivity contribution in [2.75, 3.05) is 18.0 Å². The third-order valence-electron chi connectivity index (χ3n) is 4.18. The van der Waals surface area contributed by atoms with Crippen molar-refractivity contribution in [3.63, 3.8) is 0 Å². The van der Waals surface area contributed by atoms with Crippen LogP contribution in [0, 0.1) is 0 Å². The van der Waals surface area contributed by atoms with E-state index in [9.17, 15) is 0 Å². The molecule has 1 aliphatic heterocycles. The second-order valence-electron chi connectivity index (χ2n) is 6.02. The van der Waals surface area contributed by atoms with Crippen LogP contribution in [0.4, 0.5) is 11.6 Å². The Balaban J connectivity index is 1.66. The number of halogens is 1. The molecule has 1 aromatic heterocycles. The van der Waals surface area contributed by atoms with Gasteiger partial charge in [-0.25, -0.2) is 0 Å². The van der Waals surface area contributed by atoms with Crippen molar-refractivity contribution in [3.8, 4) is 0 Å². The van der Waals surface area contributed by atoms with Crippen LogP contribution in [0.1, 0.15) is 43.9 Å². The molecule has 3 rings (SSSR count). The number of anilines is 1. The highest BCUT2D eigenvalue weighted by Crippen LogP contribution is 2.32. The predicted octanol–water partition coefficient (Wildman–Crippen LogP) is 5.74. The summed E-state index contributed by atoms with van der Waals surface area (Å²) in [5.74, 6) is 1.72. The van der Waals surface area contributed by atoms with E-state index < -0.39 is 0 Å². The van der Waals surface area contributed by atoms with E-state index in [-0.39, 0.29) is 0 Å². The lowest BCUT2D eigenvalue weighted by atomic mass is 10.1. The molecule has 1 aliphatic rings. The fraction of sp³-hybridized carbons (Fsp3) is 0.421. The monoisotopic (exact) mass is 374 g/mol. The van der Waals surface area contributed by atoms with Gasteiger partial charge in [-0.1, -0.05) is 25.5 Å². The van der Waals surface area contributed by atoms with Gasteiger partial charge < -0.3 is 9.32 Å². The SMILES string of the molecule is CCCCc1ccc(N=Cc2cc(Br)c(N3CCCC3)o2)cc1. The van der Waals surface area contributed by atoms with Gasteiger partial charge in [0.05, 0.1) is 16.4 Å². The molecule has 4 heteroatoms. The van der Waals surface area contributed by atoms with Gasteiger partial charge in [-0.3, -0.25) is 4.99 Å². The van der Waals surface area contributed by atoms with E-state index in [1.54, 1.807) is 6.21 Å². The van der Waals surface area contributed by atoms with Crippen LogP contribution in [0.15, 0.2) is 44.2 Å². The standard InChI is InChI=1S/C19H23BrN2O/c1-2-3-6-15-7-9-16(10-8-15)21-14-17-13-18(20)19(23-17)22-11-4-5-12-22/h7-10,13-14H,2-6,11-12H2,1H3. The first kappa shape index (κ1) is 16.3. The molecule has 2 aromatic rings. The van der Waals surface area contributed by atoms with Gasteiger partial charge in [-0.05, 0) is 59.3 Å². The number of aliphatic imine (C=N–C) groups is 1. The Morgan fingerprint density at radius 3 is 2.65 bits per heavy atom. The Morgan fingerprint density at radius 2 is 1.96 bits per heavy atom. The van der Waals surface area contributed by atoms with Crippen LogP contribution >= 0.6 is 15.9 Å². The fourth-order valence-corrected chi connectivity index (χ4v) is 3.40. The van der Waals surface area contributed by atoms with Crippen LogP contribution in [0.25, 0.3) is 0 Å². The van der Waals surface area contributed by atoms with Gasteiger partial charge in [-0.2, -0.15) is 0 Å². The predicted molar refractivity (Wildman–Crippen MR) is 100 cm³/mol. The number of furan rings is 1. The molecule has 0 radical (unpaired) electrons. The minimum absolute atomic E-state index is 0.786. The number of aryl methyl sites for hydroxylation is 1. The average Bonchev–Trinajstić information content (AvgIpc) is 3.21. The lowest BCUT2D eigenvalue weighted by molar-refractivity contribution is 0.549. The molecule has 0 atom stereocenters. The van der Waals surface area contributed by atoms with Crippen LogP contribution in [0.2, 0.25) is 0 Å². The smallest absolute Gasteiger partial charge is 0.210 e. The van der Waals surface area contributed by atoms with Crippen molar-refractivity contribution in [1.29, 1.82) is 0 Å². The van der Waals surface area contributed by atoms with Crippen molar-refractivity contribution in [2.24, 2.45) is 4.99 Å². The topological polar surface area (TPSA) is 28.7 Å². The third kappa shape index (κ3) is 4.25. The van der Waals surface area contributed by atoms with Gasteiger partial charge in [-0.15, -0.1) is 0 Å². The van der Waals surface area contributed by atoms with Crippen molar-refractivity contribution >= 4 is 33.7 Å². The molecule has 23 heavy (non-hydrogen) atoms. The van der Waals surface area contributed by atoms with Crippen LogP contribution in [-0.2, 0) is 6.42 Å². The molecule has 3 nitrogen and oxygen atoms in total. The summed E-state index contributed by atoms with van der Waals surface area (Å²) >= 11 is 3.59. The minimum Gasteiger partial charge on any atom is -0.438 e. The number of benzene rings is 1. The Hall–Kier alpha value is -1.55. The summed E-state index contributed by atoms with van der Waals surface area (Å²) in [6.07, 6.45) is 7.88. The Bertz CT molecular complexity index is 655. The second-order valence-corrected chi connectivity index (χ2v) is 6.88. The molecule has 1 saturated heterocycles. The molecule has 0 amide bonds. The molecular weight excluding hydrogens is 352 g/mol. The zero-order valence-corrected chi connectivity index (χ0v) is 15.2. The zero-order chi connectivity index (χ0) is 16.1. The minimum atomic E-state index is 0.786. The van der Waals surface area contributed by atoms with Crippen molar-refractivity contribution in [2.45, 2.75) is 39.0 Å². The van der Waals surface area contributed by atoms with Gasteiger partial charge in [0.2, 0.25) is 5.88 Å². The molecule has 2 heterocycles. The summed E-state index contributed by atoms with van der Waals surface area (Å²) in [5, 5.41) is 0. The second kappa shape index (κ2) is 7.82. The lowest BCUT2D eigenvalue weighted by Gasteiger charge is -2.13. The summed E-state index contributed by atoms with van der Waals surface area (Å²) in [6, 6.07) is 10.5. The molecular formula is C19H23BrN2O. The van der Waals surface area contributed by atoms with Gasteiger partial charge in [0.1, 0.15) is 5.76 Å². The number of hydrogen-bond acceptors (Lipinski definition) is 3. The molecule has 0 saturated carbocycles. The highest BCUT2D eigenvalue weighted by atomic mass is 79.9. The highest BCUT2D eigenvalue weighted by molar-refractivity contribution is 9.10. The third-order valence-corrected chi connectivity index (χ3v) is 4.75. The van der Waals surface area contributed by atoms with Crippen molar-refractivity contribution < 1.29 is 4.42 Å². The highest BCUT2D eigenvalue weighted by Gasteiger charge is 2.19. The van der Waals surface area contributed by atoms with E-state index in [2.05, 4.69) is 57.0 Å². The fourth-order valence-electron chi connectivity index (χ4n) is 2.84. The van der Waals surface area contributed by atoms with Crippen molar-refractivity contribution in [1.82, 2.24) is 0 Å². The number of unbranched alkanes of at least 4 members (excludes halogenated alkanes) is 1. The molecule has 0 N–H and O–H groups in total. The summed E-state index contributed by atoms with van der Waals surface area (Å²) < 4.78 is 6.94. The summed E-state index contributed by atoms with van der Waals surface area (Å²) in [7, 11) is 0. The first-order valence-electron chi connectivity index (χ1n) is 8.43. The van der Waals surface area contributed by atoms with E-state index in [4.69, 9.17) is 4.42 Å². The van der Waals surface area contributed by atoms with E-state index in [1.165, 1.54) is 31.2 Å². The van der Waals surface area contributed by atoms with Crippen LogP contribution in [-0.4, -0.2) is 19.3 Å². The van der Waals surface area contributed by atoms with E-state index in [0.29, 0.717) is 0 Å². The Kier molecular flexibility index (Phi) is 5.55. The number of rotatable bonds is 6. The molecule has 0 unspecified atom stereocenters. The van der Waals surface area contributed by atoms with Crippen LogP contribution in [0.5, 0.6) is 0 Å². The van der Waals surface area contributed by atoms with E-state index in [1.807, 2.05) is 6.07 Å². The maximum absolute atomic E-state index is 5.93. The first-order chi connectivity index (χ1) is 11.3. The first-order valence-corrected chi connectivity index (χ1v) is 9.23. The average molecular weight is 375 g/mol. The largest absolute Gasteiger partial charge is 0.438 e. The maximum atomic E-state index is 5.93. The van der Waals surface area contributed by atoms with Gasteiger partial charge in [0, 0.05) is 19.2 Å². The van der Waals surface area contributed by atoms with E-state index in [0.717, 1.165) is 41.3 Å². The number of hydrogen-bond donors (Lipinski definition) is 0.